The van der Waals surface area contributed by atoms with Gasteiger partial charge in [-0.1, -0.05) is 18.2 Å². The van der Waals surface area contributed by atoms with Crippen molar-refractivity contribution in [2.75, 3.05) is 23.2 Å². The van der Waals surface area contributed by atoms with Crippen LogP contribution in [0.4, 0.5) is 20.6 Å². The van der Waals surface area contributed by atoms with E-state index in [4.69, 9.17) is 4.74 Å². The van der Waals surface area contributed by atoms with Crippen LogP contribution < -0.4 is 19.1 Å². The third-order valence-corrected chi connectivity index (χ3v) is 5.73. The molecular weight excluding hydrogens is 407 g/mol. The van der Waals surface area contributed by atoms with Gasteiger partial charge in [-0.15, -0.1) is 0 Å². The molecule has 2 aromatic carbocycles. The number of nitrogens with zero attached hydrogens (tertiary/aromatic N) is 2. The van der Waals surface area contributed by atoms with E-state index in [0.717, 1.165) is 36.2 Å². The molecule has 4 rings (SSSR count). The Morgan fingerprint density at radius 2 is 2.07 bits per heavy atom. The Morgan fingerprint density at radius 1 is 1.20 bits per heavy atom. The van der Waals surface area contributed by atoms with Crippen LogP contribution in [0.5, 0.6) is 5.75 Å². The predicted octanol–water partition coefficient (Wildman–Crippen LogP) is 4.05. The molecule has 2 aliphatic rings. The fourth-order valence-corrected chi connectivity index (χ4v) is 4.03. The fourth-order valence-electron chi connectivity index (χ4n) is 3.66. The third-order valence-electron chi connectivity index (χ3n) is 5.21. The van der Waals surface area contributed by atoms with E-state index in [1.165, 1.54) is 4.90 Å². The van der Waals surface area contributed by atoms with E-state index in [-0.39, 0.29) is 12.5 Å². The fraction of sp³-hybridized carbons (Fsp3) is 0.333. The monoisotopic (exact) mass is 430 g/mol. The molecule has 9 heteroatoms. The molecule has 0 unspecified atom stereocenters. The van der Waals surface area contributed by atoms with Crippen LogP contribution >= 0.6 is 12.1 Å². The number of benzene rings is 2. The van der Waals surface area contributed by atoms with Gasteiger partial charge in [0.1, 0.15) is 5.75 Å². The van der Waals surface area contributed by atoms with Gasteiger partial charge in [0.05, 0.1) is 18.8 Å². The van der Waals surface area contributed by atoms with Crippen LogP contribution in [-0.4, -0.2) is 30.5 Å². The minimum Gasteiger partial charge on any atom is -0.410 e. The largest absolute Gasteiger partial charge is 0.415 e. The lowest BCUT2D eigenvalue weighted by Crippen LogP contribution is -2.37. The average Bonchev–Trinajstić information content (AvgIpc) is 2.75. The summed E-state index contributed by atoms with van der Waals surface area (Å²) in [6.07, 6.45) is 1.87. The number of carbonyl (C=O) groups is 2. The Kier molecular flexibility index (Phi) is 6.10. The number of amides is 2. The number of halogens is 1. The molecule has 30 heavy (non-hydrogen) atoms. The molecule has 0 aromatic heterocycles. The molecule has 2 N–H and O–H groups in total. The molecule has 2 aromatic rings. The molecule has 2 amide bonds. The van der Waals surface area contributed by atoms with Crippen LogP contribution in [0.2, 0.25) is 0 Å². The summed E-state index contributed by atoms with van der Waals surface area (Å²) in [6, 6.07) is 10.5. The Morgan fingerprint density at radius 3 is 2.87 bits per heavy atom. The van der Waals surface area contributed by atoms with Crippen molar-refractivity contribution in [2.24, 2.45) is 0 Å². The SMILES string of the molecule is CNSNc1cccc(CN2Cc3ccc(N4CCCCC4=O)cc3OC2=O)c1F. The Hall–Kier alpha value is -2.78. The minimum atomic E-state index is -0.535. The van der Waals surface area contributed by atoms with Crippen LogP contribution in [0.25, 0.3) is 0 Å². The number of hydrogen-bond donors (Lipinski definition) is 2. The summed E-state index contributed by atoms with van der Waals surface area (Å²) in [5.74, 6) is 0.136. The topological polar surface area (TPSA) is 73.9 Å². The summed E-state index contributed by atoms with van der Waals surface area (Å²) < 4.78 is 26.0. The highest BCUT2D eigenvalue weighted by molar-refractivity contribution is 7.98. The highest BCUT2D eigenvalue weighted by Crippen LogP contribution is 2.33. The maximum Gasteiger partial charge on any atom is 0.415 e. The molecule has 7 nitrogen and oxygen atoms in total. The van der Waals surface area contributed by atoms with Crippen LogP contribution in [0, 0.1) is 5.82 Å². The van der Waals surface area contributed by atoms with Gasteiger partial charge < -0.3 is 14.4 Å². The van der Waals surface area contributed by atoms with Crippen molar-refractivity contribution in [3.8, 4) is 5.75 Å². The Bertz CT molecular complexity index is 971. The summed E-state index contributed by atoms with van der Waals surface area (Å²) in [6.45, 7) is 1.08. The molecule has 0 aliphatic carbocycles. The highest BCUT2D eigenvalue weighted by atomic mass is 32.2. The van der Waals surface area contributed by atoms with Crippen molar-refractivity contribution in [3.05, 3.63) is 53.3 Å². The second-order valence-corrected chi connectivity index (χ2v) is 8.02. The Labute approximate surface area is 178 Å². The number of anilines is 2. The van der Waals surface area contributed by atoms with Crippen LogP contribution in [0.1, 0.15) is 30.4 Å². The van der Waals surface area contributed by atoms with E-state index in [2.05, 4.69) is 9.44 Å². The summed E-state index contributed by atoms with van der Waals surface area (Å²) in [4.78, 5) is 27.9. The first-order chi connectivity index (χ1) is 14.6. The molecule has 0 atom stereocenters. The van der Waals surface area contributed by atoms with Crippen LogP contribution in [0.15, 0.2) is 36.4 Å². The van der Waals surface area contributed by atoms with Gasteiger partial charge in [0.25, 0.3) is 0 Å². The lowest BCUT2D eigenvalue weighted by Gasteiger charge is -2.31. The van der Waals surface area contributed by atoms with E-state index >= 15 is 0 Å². The van der Waals surface area contributed by atoms with Crippen molar-refractivity contribution >= 4 is 35.5 Å². The first-order valence-electron chi connectivity index (χ1n) is 9.83. The van der Waals surface area contributed by atoms with Crippen molar-refractivity contribution in [2.45, 2.75) is 32.4 Å². The number of rotatable bonds is 6. The van der Waals surface area contributed by atoms with E-state index < -0.39 is 11.9 Å². The van der Waals surface area contributed by atoms with E-state index in [9.17, 15) is 14.0 Å². The number of nitrogens with one attached hydrogen (secondary N) is 2. The Balaban J connectivity index is 1.50. The molecule has 0 radical (unpaired) electrons. The second-order valence-electron chi connectivity index (χ2n) is 7.21. The molecule has 1 saturated heterocycles. The predicted molar refractivity (Wildman–Crippen MR) is 115 cm³/mol. The summed E-state index contributed by atoms with van der Waals surface area (Å²) in [5, 5.41) is 0. The average molecular weight is 431 g/mol. The smallest absolute Gasteiger partial charge is 0.410 e. The molecule has 1 fully saturated rings. The van der Waals surface area contributed by atoms with Gasteiger partial charge in [0, 0.05) is 48.0 Å². The van der Waals surface area contributed by atoms with Crippen molar-refractivity contribution in [1.82, 2.24) is 9.62 Å². The van der Waals surface area contributed by atoms with Crippen molar-refractivity contribution in [1.29, 1.82) is 0 Å². The lowest BCUT2D eigenvalue weighted by molar-refractivity contribution is -0.119. The number of ether oxygens (including phenoxy) is 1. The minimum absolute atomic E-state index is 0.0883. The molecular formula is C21H23FN4O3S. The summed E-state index contributed by atoms with van der Waals surface area (Å²) >= 11 is 1.16. The lowest BCUT2D eigenvalue weighted by atomic mass is 10.1. The number of hydrogen-bond acceptors (Lipinski definition) is 6. The maximum atomic E-state index is 14.7. The van der Waals surface area contributed by atoms with Crippen molar-refractivity contribution in [3.63, 3.8) is 0 Å². The van der Waals surface area contributed by atoms with Crippen molar-refractivity contribution < 1.29 is 18.7 Å². The summed E-state index contributed by atoms with van der Waals surface area (Å²) in [5.41, 5.74) is 2.30. The first-order valence-corrected chi connectivity index (χ1v) is 10.6. The number of carbonyl (C=O) groups excluding carboxylic acids is 2. The molecule has 0 saturated carbocycles. The molecule has 158 valence electrons. The van der Waals surface area contributed by atoms with Gasteiger partial charge in [-0.25, -0.2) is 13.9 Å². The molecule has 0 spiro atoms. The quantitative estimate of drug-likeness (QED) is 0.674. The van der Waals surface area contributed by atoms with Gasteiger partial charge in [0.15, 0.2) is 5.82 Å². The zero-order chi connectivity index (χ0) is 21.1. The second kappa shape index (κ2) is 8.93. The van der Waals surface area contributed by atoms with E-state index in [1.807, 2.05) is 12.1 Å². The van der Waals surface area contributed by atoms with Gasteiger partial charge in [-0.05, 0) is 32.0 Å². The zero-order valence-electron chi connectivity index (χ0n) is 16.6. The van der Waals surface area contributed by atoms with Crippen LogP contribution in [-0.2, 0) is 17.9 Å². The zero-order valence-corrected chi connectivity index (χ0v) is 17.4. The third kappa shape index (κ3) is 4.22. The standard InChI is InChI=1S/C21H23FN4O3S/c1-23-30-24-17-6-4-5-15(20(17)22)13-25-12-14-8-9-16(11-18(14)29-21(25)28)26-10-3-2-7-19(26)27/h4-6,8-9,11,23-24H,2-3,7,10,12-13H2,1H3. The van der Waals surface area contributed by atoms with Gasteiger partial charge in [-0.3, -0.25) is 9.69 Å². The van der Waals surface area contributed by atoms with E-state index in [1.54, 1.807) is 36.2 Å². The van der Waals surface area contributed by atoms with Crippen LogP contribution in [0.3, 0.4) is 0 Å². The molecule has 0 bridgehead atoms. The normalized spacial score (nSPS) is 16.3. The highest BCUT2D eigenvalue weighted by Gasteiger charge is 2.28. The van der Waals surface area contributed by atoms with E-state index in [0.29, 0.717) is 36.5 Å². The van der Waals surface area contributed by atoms with Gasteiger partial charge in [-0.2, -0.15) is 0 Å². The molecule has 2 heterocycles. The van der Waals surface area contributed by atoms with Gasteiger partial charge >= 0.3 is 6.09 Å². The number of piperidine rings is 1. The number of fused-ring (bicyclic) bond motifs is 1. The molecule has 2 aliphatic heterocycles. The van der Waals surface area contributed by atoms with Gasteiger partial charge in [0.2, 0.25) is 5.91 Å². The maximum absolute atomic E-state index is 14.7. The first kappa shape index (κ1) is 20.5. The summed E-state index contributed by atoms with van der Waals surface area (Å²) in [7, 11) is 1.73.